The van der Waals surface area contributed by atoms with Crippen molar-refractivity contribution >= 4 is 5.97 Å². The Morgan fingerprint density at radius 1 is 1.25 bits per heavy atom. The monoisotopic (exact) mass is 229 g/mol. The topological polar surface area (TPSA) is 63.3 Å². The molecule has 0 spiro atoms. The van der Waals surface area contributed by atoms with Crippen LogP contribution in [0.15, 0.2) is 0 Å². The zero-order valence-electron chi connectivity index (χ0n) is 11.3. The standard InChI is InChI=1S/C13H27NO2/c1-10(2)8-13(9-14,11(15)16)7-6-12(3,4)5/h10H,6-9,14H2,1-5H3,(H,15,16). The van der Waals surface area contributed by atoms with Gasteiger partial charge in [0.15, 0.2) is 0 Å². The summed E-state index contributed by atoms with van der Waals surface area (Å²) in [4.78, 5) is 11.4. The Morgan fingerprint density at radius 3 is 2.00 bits per heavy atom. The lowest BCUT2D eigenvalue weighted by Crippen LogP contribution is -2.40. The van der Waals surface area contributed by atoms with Crippen molar-refractivity contribution in [1.29, 1.82) is 0 Å². The fraction of sp³-hybridized carbons (Fsp3) is 0.923. The van der Waals surface area contributed by atoms with Gasteiger partial charge >= 0.3 is 5.97 Å². The van der Waals surface area contributed by atoms with Gasteiger partial charge in [0.05, 0.1) is 5.41 Å². The van der Waals surface area contributed by atoms with Crippen LogP contribution in [0.2, 0.25) is 0 Å². The molecule has 0 amide bonds. The van der Waals surface area contributed by atoms with Crippen LogP contribution in [0.4, 0.5) is 0 Å². The van der Waals surface area contributed by atoms with Gasteiger partial charge in [0.25, 0.3) is 0 Å². The molecule has 0 aliphatic carbocycles. The van der Waals surface area contributed by atoms with E-state index in [2.05, 4.69) is 20.8 Å². The van der Waals surface area contributed by atoms with Gasteiger partial charge in [0.1, 0.15) is 0 Å². The smallest absolute Gasteiger partial charge is 0.310 e. The molecule has 0 saturated carbocycles. The van der Waals surface area contributed by atoms with Crippen LogP contribution >= 0.6 is 0 Å². The number of carbonyl (C=O) groups is 1. The molecular weight excluding hydrogens is 202 g/mol. The summed E-state index contributed by atoms with van der Waals surface area (Å²) in [5, 5.41) is 9.39. The quantitative estimate of drug-likeness (QED) is 0.736. The zero-order valence-corrected chi connectivity index (χ0v) is 11.3. The highest BCUT2D eigenvalue weighted by Gasteiger charge is 2.38. The molecule has 0 aromatic rings. The lowest BCUT2D eigenvalue weighted by Gasteiger charge is -2.32. The molecule has 0 heterocycles. The van der Waals surface area contributed by atoms with Gasteiger partial charge in [-0.3, -0.25) is 4.79 Å². The maximum atomic E-state index is 11.4. The molecule has 1 unspecified atom stereocenters. The number of hydrogen-bond donors (Lipinski definition) is 2. The maximum Gasteiger partial charge on any atom is 0.310 e. The van der Waals surface area contributed by atoms with Crippen molar-refractivity contribution in [2.45, 2.75) is 53.9 Å². The third kappa shape index (κ3) is 4.97. The minimum Gasteiger partial charge on any atom is -0.481 e. The predicted molar refractivity (Wildman–Crippen MR) is 67.3 cm³/mol. The first kappa shape index (κ1) is 15.4. The summed E-state index contributed by atoms with van der Waals surface area (Å²) in [6.07, 6.45) is 2.22. The van der Waals surface area contributed by atoms with Gasteiger partial charge in [-0.05, 0) is 30.6 Å². The van der Waals surface area contributed by atoms with E-state index in [-0.39, 0.29) is 12.0 Å². The second-order valence-corrected chi connectivity index (χ2v) is 6.45. The van der Waals surface area contributed by atoms with Crippen molar-refractivity contribution < 1.29 is 9.90 Å². The molecule has 3 heteroatoms. The van der Waals surface area contributed by atoms with E-state index in [1.54, 1.807) is 0 Å². The van der Waals surface area contributed by atoms with Crippen LogP contribution < -0.4 is 5.73 Å². The van der Waals surface area contributed by atoms with Crippen molar-refractivity contribution in [3.05, 3.63) is 0 Å². The molecule has 0 aromatic heterocycles. The second-order valence-electron chi connectivity index (χ2n) is 6.45. The summed E-state index contributed by atoms with van der Waals surface area (Å²) >= 11 is 0. The molecule has 0 radical (unpaired) electrons. The summed E-state index contributed by atoms with van der Waals surface area (Å²) in [5.41, 5.74) is 5.13. The summed E-state index contributed by atoms with van der Waals surface area (Å²) in [5.74, 6) is -0.382. The van der Waals surface area contributed by atoms with E-state index in [0.717, 1.165) is 6.42 Å². The molecule has 3 N–H and O–H groups in total. The SMILES string of the molecule is CC(C)CC(CN)(CCC(C)(C)C)C(=O)O. The lowest BCUT2D eigenvalue weighted by atomic mass is 9.73. The Kier molecular flexibility index (Phi) is 5.47. The van der Waals surface area contributed by atoms with Crippen LogP contribution in [0.25, 0.3) is 0 Å². The molecule has 0 rings (SSSR count). The number of nitrogens with two attached hydrogens (primary N) is 1. The number of aliphatic carboxylic acids is 1. The molecule has 0 aliphatic rings. The molecule has 1 atom stereocenters. The van der Waals surface area contributed by atoms with Gasteiger partial charge in [0.2, 0.25) is 0 Å². The summed E-state index contributed by atoms with van der Waals surface area (Å²) < 4.78 is 0. The minimum atomic E-state index is -0.743. The molecular formula is C13H27NO2. The normalized spacial score (nSPS) is 16.2. The zero-order chi connectivity index (χ0) is 13.0. The van der Waals surface area contributed by atoms with Crippen LogP contribution in [-0.4, -0.2) is 17.6 Å². The average Bonchev–Trinajstić information content (AvgIpc) is 2.09. The molecule has 0 bridgehead atoms. The Morgan fingerprint density at radius 2 is 1.75 bits per heavy atom. The van der Waals surface area contributed by atoms with Gasteiger partial charge in [-0.15, -0.1) is 0 Å². The van der Waals surface area contributed by atoms with E-state index >= 15 is 0 Å². The highest BCUT2D eigenvalue weighted by molar-refractivity contribution is 5.74. The fourth-order valence-corrected chi connectivity index (χ4v) is 1.96. The van der Waals surface area contributed by atoms with Crippen molar-refractivity contribution in [3.8, 4) is 0 Å². The summed E-state index contributed by atoms with van der Waals surface area (Å²) in [7, 11) is 0. The minimum absolute atomic E-state index is 0.160. The van der Waals surface area contributed by atoms with Crippen molar-refractivity contribution in [2.75, 3.05) is 6.54 Å². The average molecular weight is 229 g/mol. The number of carboxylic acid groups (broad SMARTS) is 1. The molecule has 3 nitrogen and oxygen atoms in total. The third-order valence-corrected chi connectivity index (χ3v) is 3.00. The first-order valence-electron chi connectivity index (χ1n) is 6.06. The van der Waals surface area contributed by atoms with Crippen molar-refractivity contribution in [2.24, 2.45) is 22.5 Å². The molecule has 0 aliphatic heterocycles. The lowest BCUT2D eigenvalue weighted by molar-refractivity contribution is -0.150. The number of hydrogen-bond acceptors (Lipinski definition) is 2. The summed E-state index contributed by atoms with van der Waals surface area (Å²) in [6.45, 7) is 10.7. The van der Waals surface area contributed by atoms with Gasteiger partial charge in [-0.2, -0.15) is 0 Å². The fourth-order valence-electron chi connectivity index (χ4n) is 1.96. The molecule has 0 fully saturated rings. The van der Waals surface area contributed by atoms with Crippen LogP contribution in [0, 0.1) is 16.7 Å². The second kappa shape index (κ2) is 5.67. The van der Waals surface area contributed by atoms with Crippen molar-refractivity contribution in [1.82, 2.24) is 0 Å². The van der Waals surface area contributed by atoms with Crippen LogP contribution in [0.1, 0.15) is 53.9 Å². The van der Waals surface area contributed by atoms with Crippen molar-refractivity contribution in [3.63, 3.8) is 0 Å². The van der Waals surface area contributed by atoms with E-state index in [1.807, 2.05) is 13.8 Å². The summed E-state index contributed by atoms with van der Waals surface area (Å²) in [6, 6.07) is 0. The Balaban J connectivity index is 4.71. The van der Waals surface area contributed by atoms with E-state index in [9.17, 15) is 9.90 Å². The van der Waals surface area contributed by atoms with E-state index in [0.29, 0.717) is 18.8 Å². The highest BCUT2D eigenvalue weighted by Crippen LogP contribution is 2.35. The van der Waals surface area contributed by atoms with E-state index in [1.165, 1.54) is 0 Å². The van der Waals surface area contributed by atoms with Gasteiger partial charge in [0, 0.05) is 6.54 Å². The third-order valence-electron chi connectivity index (χ3n) is 3.00. The van der Waals surface area contributed by atoms with Crippen LogP contribution in [0.3, 0.4) is 0 Å². The Bertz CT molecular complexity index is 231. The molecule has 0 saturated heterocycles. The molecule has 0 aromatic carbocycles. The van der Waals surface area contributed by atoms with Gasteiger partial charge in [-0.25, -0.2) is 0 Å². The van der Waals surface area contributed by atoms with E-state index in [4.69, 9.17) is 5.73 Å². The Hall–Kier alpha value is -0.570. The number of rotatable bonds is 6. The van der Waals surface area contributed by atoms with E-state index < -0.39 is 11.4 Å². The Labute approximate surface area is 99.4 Å². The first-order valence-corrected chi connectivity index (χ1v) is 6.06. The van der Waals surface area contributed by atoms with Crippen LogP contribution in [0.5, 0.6) is 0 Å². The maximum absolute atomic E-state index is 11.4. The molecule has 16 heavy (non-hydrogen) atoms. The van der Waals surface area contributed by atoms with Crippen LogP contribution in [-0.2, 0) is 4.79 Å². The highest BCUT2D eigenvalue weighted by atomic mass is 16.4. The van der Waals surface area contributed by atoms with Gasteiger partial charge < -0.3 is 10.8 Å². The first-order chi connectivity index (χ1) is 7.13. The molecule has 96 valence electrons. The number of carboxylic acids is 1. The van der Waals surface area contributed by atoms with Gasteiger partial charge in [-0.1, -0.05) is 34.6 Å². The predicted octanol–water partition coefficient (Wildman–Crippen LogP) is 2.89. The largest absolute Gasteiger partial charge is 0.481 e.